The van der Waals surface area contributed by atoms with Crippen LogP contribution in [-0.2, 0) is 11.8 Å². The van der Waals surface area contributed by atoms with Gasteiger partial charge in [0.2, 0.25) is 5.95 Å². The zero-order chi connectivity index (χ0) is 24.2. The van der Waals surface area contributed by atoms with Crippen molar-refractivity contribution in [3.63, 3.8) is 0 Å². The van der Waals surface area contributed by atoms with Crippen LogP contribution in [0.15, 0.2) is 59.8 Å². The minimum Gasteiger partial charge on any atom is -0.492 e. The first kappa shape index (κ1) is 22.8. The van der Waals surface area contributed by atoms with Gasteiger partial charge in [-0.1, -0.05) is 0 Å². The van der Waals surface area contributed by atoms with Gasteiger partial charge in [0.05, 0.1) is 24.3 Å². The summed E-state index contributed by atoms with van der Waals surface area (Å²) >= 11 is 0. The molecule has 0 atom stereocenters. The quantitative estimate of drug-likeness (QED) is 0.417. The zero-order valence-electron chi connectivity index (χ0n) is 19.5. The molecule has 1 fully saturated rings. The molecular weight excluding hydrogens is 446 g/mol. The van der Waals surface area contributed by atoms with Gasteiger partial charge >= 0.3 is 0 Å². The summed E-state index contributed by atoms with van der Waals surface area (Å²) in [5.41, 5.74) is 7.62. The molecule has 1 aromatic carbocycles. The lowest BCUT2D eigenvalue weighted by Gasteiger charge is -2.26. The number of nitrogens with two attached hydrogens (primary N) is 1. The van der Waals surface area contributed by atoms with Crippen LogP contribution in [0.1, 0.15) is 0 Å². The average Bonchev–Trinajstić information content (AvgIpc) is 2.88. The van der Waals surface area contributed by atoms with Crippen LogP contribution in [0.4, 0.5) is 17.5 Å². The number of hydrogen-bond donors (Lipinski definition) is 2. The van der Waals surface area contributed by atoms with Gasteiger partial charge in [-0.25, -0.2) is 15.0 Å². The zero-order valence-corrected chi connectivity index (χ0v) is 19.5. The molecule has 4 aromatic rings. The van der Waals surface area contributed by atoms with Crippen LogP contribution in [0, 0.1) is 0 Å². The summed E-state index contributed by atoms with van der Waals surface area (Å²) in [7, 11) is 1.72. The van der Waals surface area contributed by atoms with Gasteiger partial charge < -0.3 is 25.1 Å². The third-order valence-electron chi connectivity index (χ3n) is 5.93. The van der Waals surface area contributed by atoms with Crippen LogP contribution >= 0.6 is 0 Å². The van der Waals surface area contributed by atoms with E-state index in [1.54, 1.807) is 25.6 Å². The van der Waals surface area contributed by atoms with Crippen molar-refractivity contribution in [1.29, 1.82) is 0 Å². The van der Waals surface area contributed by atoms with E-state index in [4.69, 9.17) is 20.2 Å². The third kappa shape index (κ3) is 5.23. The molecule has 3 N–H and O–H groups in total. The predicted octanol–water partition coefficient (Wildman–Crippen LogP) is 2.43. The molecule has 5 rings (SSSR count). The SMILES string of the molecule is Cn1ccc2cc(-c3cnc(N)nc3)nc(Nc3ccc(OCCN4CCOCC4)cc3)c2c1=O. The number of nitrogens with zero attached hydrogens (tertiary/aromatic N) is 5. The van der Waals surface area contributed by atoms with E-state index in [9.17, 15) is 4.79 Å². The Hall–Kier alpha value is -4.02. The molecule has 1 aliphatic rings. The molecule has 180 valence electrons. The second-order valence-corrected chi connectivity index (χ2v) is 8.33. The summed E-state index contributed by atoms with van der Waals surface area (Å²) in [5, 5.41) is 4.57. The summed E-state index contributed by atoms with van der Waals surface area (Å²) in [5.74, 6) is 1.43. The maximum Gasteiger partial charge on any atom is 0.261 e. The monoisotopic (exact) mass is 473 g/mol. The van der Waals surface area contributed by atoms with Crippen LogP contribution in [0.5, 0.6) is 5.75 Å². The third-order valence-corrected chi connectivity index (χ3v) is 5.93. The summed E-state index contributed by atoms with van der Waals surface area (Å²) in [6.07, 6.45) is 4.97. The highest BCUT2D eigenvalue weighted by Crippen LogP contribution is 2.28. The number of aryl methyl sites for hydroxylation is 1. The van der Waals surface area contributed by atoms with Gasteiger partial charge in [-0.05, 0) is 41.8 Å². The highest BCUT2D eigenvalue weighted by atomic mass is 16.5. The van der Waals surface area contributed by atoms with Crippen LogP contribution < -0.4 is 21.3 Å². The number of morpholine rings is 1. The fourth-order valence-electron chi connectivity index (χ4n) is 3.95. The number of nitrogens with one attached hydrogen (secondary N) is 1. The summed E-state index contributed by atoms with van der Waals surface area (Å²) < 4.78 is 12.8. The maximum atomic E-state index is 12.9. The second-order valence-electron chi connectivity index (χ2n) is 8.33. The second kappa shape index (κ2) is 10.1. The van der Waals surface area contributed by atoms with Crippen LogP contribution in [0.2, 0.25) is 0 Å². The number of benzene rings is 1. The molecule has 4 heterocycles. The van der Waals surface area contributed by atoms with E-state index in [1.807, 2.05) is 36.4 Å². The van der Waals surface area contributed by atoms with E-state index in [0.29, 0.717) is 29.1 Å². The Bertz CT molecular complexity index is 1370. The first-order valence-corrected chi connectivity index (χ1v) is 11.4. The van der Waals surface area contributed by atoms with Crippen molar-refractivity contribution in [3.05, 3.63) is 65.3 Å². The van der Waals surface area contributed by atoms with Gasteiger partial charge in [-0.3, -0.25) is 9.69 Å². The Morgan fingerprint density at radius 1 is 1.11 bits per heavy atom. The topological polar surface area (TPSA) is 120 Å². The molecule has 0 amide bonds. The number of aromatic nitrogens is 4. The maximum absolute atomic E-state index is 12.9. The lowest BCUT2D eigenvalue weighted by molar-refractivity contribution is 0.0322. The van der Waals surface area contributed by atoms with Gasteiger partial charge in [0, 0.05) is 56.5 Å². The molecule has 1 aliphatic heterocycles. The van der Waals surface area contributed by atoms with Crippen molar-refractivity contribution < 1.29 is 9.47 Å². The van der Waals surface area contributed by atoms with Crippen molar-refractivity contribution in [2.24, 2.45) is 7.05 Å². The van der Waals surface area contributed by atoms with E-state index < -0.39 is 0 Å². The number of ether oxygens (including phenoxy) is 2. The van der Waals surface area contributed by atoms with Crippen LogP contribution in [0.3, 0.4) is 0 Å². The van der Waals surface area contributed by atoms with E-state index in [2.05, 4.69) is 20.2 Å². The number of nitrogen functional groups attached to an aromatic ring is 1. The first-order valence-electron chi connectivity index (χ1n) is 11.4. The minimum absolute atomic E-state index is 0.138. The fourth-order valence-corrected chi connectivity index (χ4v) is 3.95. The lowest BCUT2D eigenvalue weighted by atomic mass is 10.1. The number of hydrogen-bond acceptors (Lipinski definition) is 9. The number of pyridine rings is 2. The summed E-state index contributed by atoms with van der Waals surface area (Å²) in [4.78, 5) is 28.1. The average molecular weight is 474 g/mol. The Balaban J connectivity index is 1.38. The normalized spacial score (nSPS) is 14.2. The lowest BCUT2D eigenvalue weighted by Crippen LogP contribution is -2.38. The molecule has 0 unspecified atom stereocenters. The van der Waals surface area contributed by atoms with Crippen molar-refractivity contribution >= 4 is 28.2 Å². The van der Waals surface area contributed by atoms with E-state index in [1.165, 1.54) is 4.57 Å². The highest BCUT2D eigenvalue weighted by Gasteiger charge is 2.14. The summed E-state index contributed by atoms with van der Waals surface area (Å²) in [6, 6.07) is 11.4. The first-order chi connectivity index (χ1) is 17.1. The minimum atomic E-state index is -0.138. The molecular formula is C25H27N7O3. The molecule has 0 saturated carbocycles. The van der Waals surface area contributed by atoms with Gasteiger partial charge in [-0.15, -0.1) is 0 Å². The number of fused-ring (bicyclic) bond motifs is 1. The van der Waals surface area contributed by atoms with Gasteiger partial charge in [0.15, 0.2) is 0 Å². The Labute approximate surface area is 202 Å². The Morgan fingerprint density at radius 2 is 1.86 bits per heavy atom. The molecule has 0 bridgehead atoms. The largest absolute Gasteiger partial charge is 0.492 e. The van der Waals surface area contributed by atoms with Gasteiger partial charge in [0.25, 0.3) is 5.56 Å². The molecule has 10 heteroatoms. The Kier molecular flexibility index (Phi) is 6.55. The standard InChI is InChI=1S/C25H27N7O3/c1-31-7-6-17-14-21(18-15-27-25(26)28-16-18)30-23(22(17)24(31)33)29-19-2-4-20(5-3-19)35-13-10-32-8-11-34-12-9-32/h2-7,14-16H,8-13H2,1H3,(H,29,30)(H2,26,27,28). The molecule has 3 aromatic heterocycles. The van der Waals surface area contributed by atoms with Crippen molar-refractivity contribution in [1.82, 2.24) is 24.4 Å². The molecule has 0 radical (unpaired) electrons. The van der Waals surface area contributed by atoms with Crippen molar-refractivity contribution in [2.45, 2.75) is 0 Å². The smallest absolute Gasteiger partial charge is 0.261 e. The Morgan fingerprint density at radius 3 is 2.60 bits per heavy atom. The van der Waals surface area contributed by atoms with Crippen molar-refractivity contribution in [2.75, 3.05) is 50.5 Å². The van der Waals surface area contributed by atoms with E-state index >= 15 is 0 Å². The molecule has 35 heavy (non-hydrogen) atoms. The van der Waals surface area contributed by atoms with E-state index in [-0.39, 0.29) is 11.5 Å². The number of rotatable bonds is 7. The highest BCUT2D eigenvalue weighted by molar-refractivity contribution is 5.95. The summed E-state index contributed by atoms with van der Waals surface area (Å²) in [6.45, 7) is 4.91. The predicted molar refractivity (Wildman–Crippen MR) is 135 cm³/mol. The van der Waals surface area contributed by atoms with Crippen molar-refractivity contribution in [3.8, 4) is 17.0 Å². The van der Waals surface area contributed by atoms with Gasteiger partial charge in [0.1, 0.15) is 18.2 Å². The molecule has 10 nitrogen and oxygen atoms in total. The number of anilines is 3. The van der Waals surface area contributed by atoms with E-state index in [0.717, 1.165) is 49.7 Å². The molecule has 1 saturated heterocycles. The van der Waals surface area contributed by atoms with Crippen LogP contribution in [0.25, 0.3) is 22.0 Å². The fraction of sp³-hybridized carbons (Fsp3) is 0.280. The van der Waals surface area contributed by atoms with Crippen LogP contribution in [-0.4, -0.2) is 63.9 Å². The molecule has 0 aliphatic carbocycles. The molecule has 0 spiro atoms. The van der Waals surface area contributed by atoms with Gasteiger partial charge in [-0.2, -0.15) is 0 Å².